The van der Waals surface area contributed by atoms with Gasteiger partial charge in [0.2, 0.25) is 5.95 Å². The number of aryl methyl sites for hydroxylation is 1. The highest BCUT2D eigenvalue weighted by Gasteiger charge is 2.19. The molecule has 156 valence electrons. The summed E-state index contributed by atoms with van der Waals surface area (Å²) in [7, 11) is 0. The van der Waals surface area contributed by atoms with Crippen molar-refractivity contribution in [2.45, 2.75) is 6.92 Å². The summed E-state index contributed by atoms with van der Waals surface area (Å²) in [5, 5.41) is 3.62. The smallest absolute Gasteiger partial charge is 0.235 e. The average molecular weight is 442 g/mol. The molecule has 0 saturated carbocycles. The van der Waals surface area contributed by atoms with Crippen LogP contribution >= 0.6 is 11.3 Å². The van der Waals surface area contributed by atoms with Crippen LogP contribution in [0.25, 0.3) is 59.3 Å². The maximum absolute atomic E-state index is 5.19. The largest absolute Gasteiger partial charge is 0.278 e. The molecule has 33 heavy (non-hydrogen) atoms. The first kappa shape index (κ1) is 18.5. The summed E-state index contributed by atoms with van der Waals surface area (Å²) in [4.78, 5) is 10.4. The van der Waals surface area contributed by atoms with Crippen LogP contribution in [0.1, 0.15) is 5.56 Å². The first-order valence-electron chi connectivity index (χ1n) is 11.0. The summed E-state index contributed by atoms with van der Waals surface area (Å²) in [6.45, 7) is 2.14. The summed E-state index contributed by atoms with van der Waals surface area (Å²) in [5.74, 6) is 0.708. The van der Waals surface area contributed by atoms with Crippen LogP contribution in [-0.2, 0) is 0 Å². The lowest BCUT2D eigenvalue weighted by Gasteiger charge is -2.10. The maximum Gasteiger partial charge on any atom is 0.235 e. The Bertz CT molecular complexity index is 1830. The van der Waals surface area contributed by atoms with Crippen molar-refractivity contribution < 1.29 is 0 Å². The molecule has 0 amide bonds. The topological polar surface area (TPSA) is 30.7 Å². The van der Waals surface area contributed by atoms with E-state index in [1.807, 2.05) is 6.07 Å². The fourth-order valence-corrected chi connectivity index (χ4v) is 5.93. The Hall–Kier alpha value is -4.02. The highest BCUT2D eigenvalue weighted by Crippen LogP contribution is 2.39. The molecule has 7 aromatic rings. The zero-order chi connectivity index (χ0) is 21.9. The van der Waals surface area contributed by atoms with Gasteiger partial charge in [-0.3, -0.25) is 4.57 Å². The number of hydrogen-bond donors (Lipinski definition) is 0. The first-order chi connectivity index (χ1) is 16.3. The molecular formula is C29H19N3S. The Morgan fingerprint density at radius 2 is 1.39 bits per heavy atom. The van der Waals surface area contributed by atoms with E-state index in [-0.39, 0.29) is 0 Å². The third-order valence-electron chi connectivity index (χ3n) is 6.28. The predicted molar refractivity (Wildman–Crippen MR) is 139 cm³/mol. The molecule has 7 rings (SSSR count). The van der Waals surface area contributed by atoms with Gasteiger partial charge in [0.25, 0.3) is 0 Å². The van der Waals surface area contributed by atoms with Crippen LogP contribution in [-0.4, -0.2) is 14.5 Å². The molecule has 0 spiro atoms. The Balaban J connectivity index is 1.66. The Morgan fingerprint density at radius 1 is 0.667 bits per heavy atom. The molecule has 0 N–H and O–H groups in total. The van der Waals surface area contributed by atoms with Crippen LogP contribution in [0.5, 0.6) is 0 Å². The monoisotopic (exact) mass is 441 g/mol. The number of benzene rings is 4. The first-order valence-corrected chi connectivity index (χ1v) is 11.8. The number of fused-ring (bicyclic) bond motifs is 6. The van der Waals surface area contributed by atoms with Gasteiger partial charge in [-0.05, 0) is 31.2 Å². The van der Waals surface area contributed by atoms with Gasteiger partial charge in [0.1, 0.15) is 0 Å². The summed E-state index contributed by atoms with van der Waals surface area (Å²) >= 11 is 1.76. The van der Waals surface area contributed by atoms with Crippen LogP contribution in [0.2, 0.25) is 0 Å². The molecule has 3 aromatic heterocycles. The van der Waals surface area contributed by atoms with Crippen molar-refractivity contribution in [2.75, 3.05) is 0 Å². The summed E-state index contributed by atoms with van der Waals surface area (Å²) in [5.41, 5.74) is 6.59. The molecule has 3 heterocycles. The van der Waals surface area contributed by atoms with E-state index < -0.39 is 0 Å². The van der Waals surface area contributed by atoms with Crippen LogP contribution in [0.3, 0.4) is 0 Å². The Labute approximate surface area is 194 Å². The molecule has 0 radical (unpaired) electrons. The fraction of sp³-hybridized carbons (Fsp3) is 0.0345. The fourth-order valence-electron chi connectivity index (χ4n) is 4.77. The second-order valence-corrected chi connectivity index (χ2v) is 9.44. The zero-order valence-corrected chi connectivity index (χ0v) is 18.8. The van der Waals surface area contributed by atoms with E-state index in [0.29, 0.717) is 5.95 Å². The van der Waals surface area contributed by atoms with Crippen LogP contribution in [0.15, 0.2) is 97.1 Å². The van der Waals surface area contributed by atoms with E-state index in [1.54, 1.807) is 11.3 Å². The number of thiophene rings is 1. The van der Waals surface area contributed by atoms with Gasteiger partial charge in [-0.2, -0.15) is 0 Å². The minimum Gasteiger partial charge on any atom is -0.278 e. The highest BCUT2D eigenvalue weighted by atomic mass is 32.1. The molecule has 0 unspecified atom stereocenters. The van der Waals surface area contributed by atoms with E-state index in [0.717, 1.165) is 32.5 Å². The van der Waals surface area contributed by atoms with Crippen molar-refractivity contribution in [1.29, 1.82) is 0 Å². The second kappa shape index (κ2) is 6.99. The van der Waals surface area contributed by atoms with Gasteiger partial charge in [0.05, 0.1) is 26.9 Å². The minimum absolute atomic E-state index is 0.708. The van der Waals surface area contributed by atoms with Crippen LogP contribution < -0.4 is 0 Å². The molecule has 4 heteroatoms. The van der Waals surface area contributed by atoms with E-state index >= 15 is 0 Å². The lowest BCUT2D eigenvalue weighted by atomic mass is 10.1. The van der Waals surface area contributed by atoms with Gasteiger partial charge < -0.3 is 0 Å². The van der Waals surface area contributed by atoms with Gasteiger partial charge in [-0.15, -0.1) is 11.3 Å². The van der Waals surface area contributed by atoms with Crippen LogP contribution in [0, 0.1) is 6.92 Å². The SMILES string of the molecule is Cc1ccc2c(c1)c1ccccc1n2-c1nc(-c2ccccc2)c2sc3ccccc3c2n1. The minimum atomic E-state index is 0.708. The molecule has 0 aliphatic rings. The van der Waals surface area contributed by atoms with Gasteiger partial charge in [-0.25, -0.2) is 9.97 Å². The van der Waals surface area contributed by atoms with Crippen molar-refractivity contribution >= 4 is 53.4 Å². The normalized spacial score (nSPS) is 11.8. The molecule has 0 saturated heterocycles. The quantitative estimate of drug-likeness (QED) is 0.273. The van der Waals surface area contributed by atoms with Crippen molar-refractivity contribution in [3.05, 3.63) is 103 Å². The highest BCUT2D eigenvalue weighted by molar-refractivity contribution is 7.26. The lowest BCUT2D eigenvalue weighted by molar-refractivity contribution is 1.02. The molecule has 0 fully saturated rings. The van der Waals surface area contributed by atoms with Gasteiger partial charge >= 0.3 is 0 Å². The lowest BCUT2D eigenvalue weighted by Crippen LogP contribution is -2.02. The van der Waals surface area contributed by atoms with E-state index in [9.17, 15) is 0 Å². The molecule has 3 nitrogen and oxygen atoms in total. The second-order valence-electron chi connectivity index (χ2n) is 8.39. The van der Waals surface area contributed by atoms with Crippen LogP contribution in [0.4, 0.5) is 0 Å². The van der Waals surface area contributed by atoms with Crippen molar-refractivity contribution in [3.8, 4) is 17.2 Å². The van der Waals surface area contributed by atoms with Gasteiger partial charge in [-0.1, -0.05) is 78.4 Å². The Morgan fingerprint density at radius 3 is 2.27 bits per heavy atom. The summed E-state index contributed by atoms with van der Waals surface area (Å²) < 4.78 is 4.57. The van der Waals surface area contributed by atoms with E-state index in [2.05, 4.69) is 102 Å². The average Bonchev–Trinajstić information content (AvgIpc) is 3.39. The molecular weight excluding hydrogens is 422 g/mol. The molecule has 0 aliphatic carbocycles. The van der Waals surface area contributed by atoms with Crippen molar-refractivity contribution in [3.63, 3.8) is 0 Å². The van der Waals surface area contributed by atoms with Crippen molar-refractivity contribution in [2.24, 2.45) is 0 Å². The molecule has 0 bridgehead atoms. The van der Waals surface area contributed by atoms with E-state index in [1.165, 1.54) is 26.4 Å². The van der Waals surface area contributed by atoms with Gasteiger partial charge in [0, 0.05) is 26.4 Å². The predicted octanol–water partition coefficient (Wildman–Crippen LogP) is 7.92. The summed E-state index contributed by atoms with van der Waals surface area (Å²) in [6.07, 6.45) is 0. The molecule has 0 aliphatic heterocycles. The number of hydrogen-bond acceptors (Lipinski definition) is 3. The zero-order valence-electron chi connectivity index (χ0n) is 18.0. The van der Waals surface area contributed by atoms with Crippen molar-refractivity contribution in [1.82, 2.24) is 14.5 Å². The number of aromatic nitrogens is 3. The Kier molecular flexibility index (Phi) is 3.93. The molecule has 0 atom stereocenters. The number of nitrogens with zero attached hydrogens (tertiary/aromatic N) is 3. The van der Waals surface area contributed by atoms with Gasteiger partial charge in [0.15, 0.2) is 0 Å². The molecule has 4 aromatic carbocycles. The standard InChI is InChI=1S/C29H19N3S/c1-18-15-16-24-22(17-18)20-11-5-7-13-23(20)32(24)29-30-26(19-9-3-2-4-10-19)28-27(31-29)21-12-6-8-14-25(21)33-28/h2-17H,1H3. The maximum atomic E-state index is 5.19. The number of para-hydroxylation sites is 1. The number of rotatable bonds is 2. The van der Waals surface area contributed by atoms with E-state index in [4.69, 9.17) is 9.97 Å². The summed E-state index contributed by atoms with van der Waals surface area (Å²) in [6, 6.07) is 34.1. The third-order valence-corrected chi connectivity index (χ3v) is 7.45. The third kappa shape index (κ3) is 2.74.